The molecule has 0 bridgehead atoms. The molecule has 1 saturated heterocycles. The maximum atomic E-state index is 12.7. The van der Waals surface area contributed by atoms with Crippen LogP contribution in [0.25, 0.3) is 11.6 Å². The molecule has 3 heterocycles. The second-order valence-electron chi connectivity index (χ2n) is 5.95. The molecule has 1 spiro atoms. The van der Waals surface area contributed by atoms with Crippen molar-refractivity contribution in [1.29, 1.82) is 0 Å². The third-order valence-electron chi connectivity index (χ3n) is 4.46. The number of urea groups is 1. The highest BCUT2D eigenvalue weighted by molar-refractivity contribution is 6.06. The van der Waals surface area contributed by atoms with Crippen LogP contribution in [0.3, 0.4) is 0 Å². The van der Waals surface area contributed by atoms with Crippen LogP contribution in [0.5, 0.6) is 0 Å². The van der Waals surface area contributed by atoms with Crippen molar-refractivity contribution < 1.29 is 18.5 Å². The molecule has 0 unspecified atom stereocenters. The number of carbonyl (C=O) groups is 2. The fraction of sp³-hybridized carbons (Fsp3) is 0.467. The summed E-state index contributed by atoms with van der Waals surface area (Å²) in [7, 11) is 0. The zero-order chi connectivity index (χ0) is 15.9. The van der Waals surface area contributed by atoms with Crippen LogP contribution < -0.4 is 5.32 Å². The number of imide groups is 1. The van der Waals surface area contributed by atoms with Gasteiger partial charge in [-0.1, -0.05) is 24.4 Å². The molecule has 8 nitrogen and oxygen atoms in total. The normalized spacial score (nSPS) is 20.3. The first-order valence-corrected chi connectivity index (χ1v) is 7.69. The summed E-state index contributed by atoms with van der Waals surface area (Å²) in [5, 5.41) is 6.66. The topological polar surface area (TPSA) is 101 Å². The minimum Gasteiger partial charge on any atom is -0.461 e. The molecule has 1 aliphatic carbocycles. The quantitative estimate of drug-likeness (QED) is 0.870. The smallest absolute Gasteiger partial charge is 0.325 e. The molecule has 2 fully saturated rings. The van der Waals surface area contributed by atoms with E-state index in [9.17, 15) is 9.59 Å². The van der Waals surface area contributed by atoms with Gasteiger partial charge in [0.25, 0.3) is 5.91 Å². The Bertz CT molecular complexity index is 731. The number of aromatic nitrogens is 2. The zero-order valence-corrected chi connectivity index (χ0v) is 12.4. The van der Waals surface area contributed by atoms with Gasteiger partial charge in [0, 0.05) is 0 Å². The van der Waals surface area contributed by atoms with Crippen LogP contribution in [-0.4, -0.2) is 32.5 Å². The van der Waals surface area contributed by atoms with Gasteiger partial charge in [0.15, 0.2) is 5.76 Å². The van der Waals surface area contributed by atoms with Crippen LogP contribution in [0.1, 0.15) is 38.0 Å². The first kappa shape index (κ1) is 14.0. The van der Waals surface area contributed by atoms with Crippen molar-refractivity contribution >= 4 is 11.9 Å². The molecule has 4 rings (SSSR count). The Kier molecular flexibility index (Phi) is 3.17. The standard InChI is InChI=1S/C15H16N4O4/c20-13-15(6-2-1-3-7-15)17-14(21)19(13)9-11-16-12(18-23-11)10-5-4-8-22-10/h4-5,8H,1-3,6-7,9H2,(H,17,21). The minimum atomic E-state index is -0.737. The predicted octanol–water partition coefficient (Wildman–Crippen LogP) is 2.08. The lowest BCUT2D eigenvalue weighted by Gasteiger charge is -2.30. The van der Waals surface area contributed by atoms with Crippen LogP contribution in [0.4, 0.5) is 4.79 Å². The fourth-order valence-corrected chi connectivity index (χ4v) is 3.27. The van der Waals surface area contributed by atoms with Gasteiger partial charge in [-0.3, -0.25) is 9.69 Å². The monoisotopic (exact) mass is 316 g/mol. The lowest BCUT2D eigenvalue weighted by Crippen LogP contribution is -2.48. The van der Waals surface area contributed by atoms with E-state index in [-0.39, 0.29) is 18.3 Å². The second kappa shape index (κ2) is 5.22. The lowest BCUT2D eigenvalue weighted by atomic mass is 9.82. The number of amides is 3. The molecule has 2 aromatic rings. The van der Waals surface area contributed by atoms with Crippen LogP contribution in [-0.2, 0) is 11.3 Å². The Morgan fingerprint density at radius 2 is 2.09 bits per heavy atom. The van der Waals surface area contributed by atoms with Crippen molar-refractivity contribution in [2.24, 2.45) is 0 Å². The molecule has 120 valence electrons. The average Bonchev–Trinajstić information content (AvgIpc) is 3.27. The largest absolute Gasteiger partial charge is 0.461 e. The summed E-state index contributed by atoms with van der Waals surface area (Å²) in [4.78, 5) is 30.2. The molecule has 0 atom stereocenters. The molecule has 1 saturated carbocycles. The zero-order valence-electron chi connectivity index (χ0n) is 12.4. The molecular formula is C15H16N4O4. The Morgan fingerprint density at radius 1 is 1.26 bits per heavy atom. The predicted molar refractivity (Wildman–Crippen MR) is 76.9 cm³/mol. The maximum Gasteiger partial charge on any atom is 0.325 e. The summed E-state index contributed by atoms with van der Waals surface area (Å²) in [6.45, 7) is -0.0277. The van der Waals surface area contributed by atoms with Gasteiger partial charge in [0.1, 0.15) is 12.1 Å². The SMILES string of the molecule is O=C1NC2(CCCCC2)C(=O)N1Cc1nc(-c2ccco2)no1. The summed E-state index contributed by atoms with van der Waals surface area (Å²) in [6, 6.07) is 3.03. The van der Waals surface area contributed by atoms with E-state index in [1.54, 1.807) is 12.1 Å². The highest BCUT2D eigenvalue weighted by Gasteiger charge is 2.51. The Balaban J connectivity index is 1.52. The van der Waals surface area contributed by atoms with Crippen LogP contribution in [0.2, 0.25) is 0 Å². The Morgan fingerprint density at radius 3 is 2.83 bits per heavy atom. The molecule has 2 aliphatic rings. The summed E-state index contributed by atoms with van der Waals surface area (Å²) in [5.41, 5.74) is -0.737. The highest BCUT2D eigenvalue weighted by atomic mass is 16.5. The van der Waals surface area contributed by atoms with Crippen molar-refractivity contribution in [3.05, 3.63) is 24.3 Å². The maximum absolute atomic E-state index is 12.7. The van der Waals surface area contributed by atoms with Gasteiger partial charge in [-0.15, -0.1) is 0 Å². The van der Waals surface area contributed by atoms with Crippen LogP contribution in [0, 0.1) is 0 Å². The van der Waals surface area contributed by atoms with E-state index < -0.39 is 11.6 Å². The van der Waals surface area contributed by atoms with E-state index >= 15 is 0 Å². The van der Waals surface area contributed by atoms with Gasteiger partial charge < -0.3 is 14.3 Å². The molecule has 8 heteroatoms. The molecule has 0 aromatic carbocycles. The minimum absolute atomic E-state index is 0.0277. The average molecular weight is 316 g/mol. The molecule has 1 aliphatic heterocycles. The molecule has 23 heavy (non-hydrogen) atoms. The first-order valence-electron chi connectivity index (χ1n) is 7.69. The first-order chi connectivity index (χ1) is 11.2. The summed E-state index contributed by atoms with van der Waals surface area (Å²) in [6.07, 6.45) is 5.88. The lowest BCUT2D eigenvalue weighted by molar-refractivity contribution is -0.133. The Hall–Kier alpha value is -2.64. The van der Waals surface area contributed by atoms with Crippen LogP contribution >= 0.6 is 0 Å². The van der Waals surface area contributed by atoms with E-state index in [1.165, 1.54) is 6.26 Å². The van der Waals surface area contributed by atoms with E-state index in [4.69, 9.17) is 8.94 Å². The van der Waals surface area contributed by atoms with Crippen molar-refractivity contribution in [3.63, 3.8) is 0 Å². The van der Waals surface area contributed by atoms with E-state index in [1.807, 2.05) is 0 Å². The van der Waals surface area contributed by atoms with Crippen molar-refractivity contribution in [1.82, 2.24) is 20.4 Å². The summed E-state index contributed by atoms with van der Waals surface area (Å²) >= 11 is 0. The van der Waals surface area contributed by atoms with Gasteiger partial charge in [-0.2, -0.15) is 4.98 Å². The summed E-state index contributed by atoms with van der Waals surface area (Å²) < 4.78 is 10.3. The number of nitrogens with zero attached hydrogens (tertiary/aromatic N) is 3. The Labute approximate surface area is 131 Å². The highest BCUT2D eigenvalue weighted by Crippen LogP contribution is 2.34. The third kappa shape index (κ3) is 2.30. The van der Waals surface area contributed by atoms with Gasteiger partial charge in [-0.05, 0) is 25.0 Å². The number of nitrogens with one attached hydrogen (secondary N) is 1. The fourth-order valence-electron chi connectivity index (χ4n) is 3.27. The molecule has 2 aromatic heterocycles. The second-order valence-corrected chi connectivity index (χ2v) is 5.95. The van der Waals surface area contributed by atoms with E-state index in [0.717, 1.165) is 24.2 Å². The van der Waals surface area contributed by atoms with E-state index in [2.05, 4.69) is 15.5 Å². The van der Waals surface area contributed by atoms with Crippen LogP contribution in [0.15, 0.2) is 27.3 Å². The van der Waals surface area contributed by atoms with E-state index in [0.29, 0.717) is 24.4 Å². The van der Waals surface area contributed by atoms with Gasteiger partial charge in [0.05, 0.1) is 6.26 Å². The van der Waals surface area contributed by atoms with Gasteiger partial charge >= 0.3 is 6.03 Å². The van der Waals surface area contributed by atoms with Crippen molar-refractivity contribution in [3.8, 4) is 11.6 Å². The number of hydrogen-bond donors (Lipinski definition) is 1. The van der Waals surface area contributed by atoms with Gasteiger partial charge in [-0.25, -0.2) is 4.79 Å². The number of hydrogen-bond acceptors (Lipinski definition) is 6. The molecule has 3 amide bonds. The molecular weight excluding hydrogens is 300 g/mol. The summed E-state index contributed by atoms with van der Waals surface area (Å²) in [5.74, 6) is 0.776. The van der Waals surface area contributed by atoms with Crippen molar-refractivity contribution in [2.45, 2.75) is 44.2 Å². The third-order valence-corrected chi connectivity index (χ3v) is 4.46. The van der Waals surface area contributed by atoms with Gasteiger partial charge in [0.2, 0.25) is 11.7 Å². The van der Waals surface area contributed by atoms with Crippen molar-refractivity contribution in [2.75, 3.05) is 0 Å². The number of carbonyl (C=O) groups excluding carboxylic acids is 2. The molecule has 0 radical (unpaired) electrons. The molecule has 1 N–H and O–H groups in total. The number of rotatable bonds is 3. The number of furan rings is 1.